The number of imidazole rings is 1. The van der Waals surface area contributed by atoms with E-state index < -0.39 is 5.91 Å². The minimum Gasteiger partial charge on any atom is -0.511 e. The van der Waals surface area contributed by atoms with Crippen LogP contribution >= 0.6 is 0 Å². The van der Waals surface area contributed by atoms with Crippen molar-refractivity contribution in [3.63, 3.8) is 0 Å². The Morgan fingerprint density at radius 3 is 2.85 bits per heavy atom. The number of hydrogen-bond donors (Lipinski definition) is 2. The lowest BCUT2D eigenvalue weighted by Gasteiger charge is -2.20. The van der Waals surface area contributed by atoms with Crippen molar-refractivity contribution in [2.24, 2.45) is 0 Å². The van der Waals surface area contributed by atoms with Crippen LogP contribution in [0.25, 0.3) is 11.2 Å². The van der Waals surface area contributed by atoms with Gasteiger partial charge in [-0.25, -0.2) is 9.37 Å². The van der Waals surface area contributed by atoms with Gasteiger partial charge in [-0.3, -0.25) is 4.79 Å². The van der Waals surface area contributed by atoms with E-state index in [-0.39, 0.29) is 17.1 Å². The van der Waals surface area contributed by atoms with Gasteiger partial charge in [0.15, 0.2) is 0 Å². The lowest BCUT2D eigenvalue weighted by atomic mass is 9.97. The Morgan fingerprint density at radius 2 is 2.07 bits per heavy atom. The first-order chi connectivity index (χ1) is 13.0. The topological polar surface area (TPSA) is 69.9 Å². The van der Waals surface area contributed by atoms with Crippen molar-refractivity contribution in [2.75, 3.05) is 24.3 Å². The number of aromatic nitrogens is 2. The van der Waals surface area contributed by atoms with Crippen molar-refractivity contribution in [1.82, 2.24) is 9.38 Å². The van der Waals surface area contributed by atoms with E-state index in [1.807, 2.05) is 28.8 Å². The van der Waals surface area contributed by atoms with Crippen LogP contribution in [-0.4, -0.2) is 34.5 Å². The first-order valence-electron chi connectivity index (χ1n) is 8.62. The lowest BCUT2D eigenvalue weighted by Crippen LogP contribution is -2.21. The smallest absolute Gasteiger partial charge is 0.261 e. The number of benzene rings is 1. The van der Waals surface area contributed by atoms with Crippen LogP contribution in [0, 0.1) is 5.82 Å². The van der Waals surface area contributed by atoms with E-state index in [1.54, 1.807) is 19.0 Å². The molecule has 0 unspecified atom stereocenters. The first kappa shape index (κ1) is 17.1. The molecule has 138 valence electrons. The number of rotatable bonds is 3. The molecule has 0 bridgehead atoms. The van der Waals surface area contributed by atoms with Gasteiger partial charge in [-0.15, -0.1) is 0 Å². The number of allylic oxidation sites excluding steroid dienone is 1. The second kappa shape index (κ2) is 6.42. The fourth-order valence-electron chi connectivity index (χ4n) is 3.39. The van der Waals surface area contributed by atoms with Crippen LogP contribution < -0.4 is 10.2 Å². The molecule has 27 heavy (non-hydrogen) atoms. The van der Waals surface area contributed by atoms with Crippen molar-refractivity contribution in [3.05, 3.63) is 65.6 Å². The van der Waals surface area contributed by atoms with Gasteiger partial charge in [0, 0.05) is 26.7 Å². The van der Waals surface area contributed by atoms with Crippen molar-refractivity contribution in [3.8, 4) is 0 Å². The van der Waals surface area contributed by atoms with Crippen molar-refractivity contribution >= 4 is 28.5 Å². The number of carbonyl (C=O) groups is 1. The van der Waals surface area contributed by atoms with Gasteiger partial charge in [0.05, 0.1) is 17.1 Å². The molecule has 2 N–H and O–H groups in total. The Hall–Kier alpha value is -3.35. The number of anilines is 2. The van der Waals surface area contributed by atoms with E-state index in [0.717, 1.165) is 11.3 Å². The Morgan fingerprint density at radius 1 is 1.26 bits per heavy atom. The van der Waals surface area contributed by atoms with Gasteiger partial charge in [0.25, 0.3) is 5.91 Å². The number of nitrogens with zero attached hydrogens (tertiary/aromatic N) is 3. The highest BCUT2D eigenvalue weighted by atomic mass is 19.1. The summed E-state index contributed by atoms with van der Waals surface area (Å²) in [5.41, 5.74) is 3.25. The van der Waals surface area contributed by atoms with E-state index in [2.05, 4.69) is 10.3 Å². The summed E-state index contributed by atoms with van der Waals surface area (Å²) in [6, 6.07) is 9.77. The Balaban J connectivity index is 1.75. The molecule has 6 nitrogen and oxygen atoms in total. The Kier molecular flexibility index (Phi) is 4.07. The third kappa shape index (κ3) is 2.91. The fourth-order valence-corrected chi connectivity index (χ4v) is 3.39. The van der Waals surface area contributed by atoms with Crippen LogP contribution in [0.4, 0.5) is 15.8 Å². The summed E-state index contributed by atoms with van der Waals surface area (Å²) >= 11 is 0. The van der Waals surface area contributed by atoms with Gasteiger partial charge >= 0.3 is 0 Å². The number of halogens is 1. The molecule has 1 amide bonds. The molecule has 2 aromatic heterocycles. The molecule has 0 spiro atoms. The number of nitrogens with one attached hydrogen (secondary N) is 1. The van der Waals surface area contributed by atoms with E-state index in [4.69, 9.17) is 0 Å². The standard InChI is InChI=1S/C20H19FN4O2/c1-24(2)15-11-12(21)6-7-13(15)22-20(27)18-16(26)9-8-14-19(18)23-17-5-3-4-10-25(14)17/h3-7,10-11,26H,8-9H2,1-2H3,(H,22,27). The number of hydrogen-bond acceptors (Lipinski definition) is 4. The molecule has 0 saturated heterocycles. The fraction of sp³-hybridized carbons (Fsp3) is 0.200. The summed E-state index contributed by atoms with van der Waals surface area (Å²) in [5, 5.41) is 13.2. The summed E-state index contributed by atoms with van der Waals surface area (Å²) in [4.78, 5) is 19.2. The molecule has 2 heterocycles. The molecule has 1 aliphatic carbocycles. The predicted octanol–water partition coefficient (Wildman–Crippen LogP) is 3.39. The van der Waals surface area contributed by atoms with Crippen LogP contribution in [0.1, 0.15) is 17.8 Å². The third-order valence-electron chi connectivity index (χ3n) is 4.67. The maximum Gasteiger partial charge on any atom is 0.261 e. The second-order valence-corrected chi connectivity index (χ2v) is 6.67. The summed E-state index contributed by atoms with van der Waals surface area (Å²) in [5.74, 6) is -0.845. The van der Waals surface area contributed by atoms with Crippen LogP contribution in [0.5, 0.6) is 0 Å². The number of aryl methyl sites for hydroxylation is 1. The summed E-state index contributed by atoms with van der Waals surface area (Å²) < 4.78 is 15.5. The molecular formula is C20H19FN4O2. The zero-order valence-electron chi connectivity index (χ0n) is 15.0. The molecule has 7 heteroatoms. The van der Waals surface area contributed by atoms with Crippen molar-refractivity contribution in [2.45, 2.75) is 12.8 Å². The number of pyridine rings is 1. The predicted molar refractivity (Wildman–Crippen MR) is 102 cm³/mol. The van der Waals surface area contributed by atoms with Crippen molar-refractivity contribution in [1.29, 1.82) is 0 Å². The number of carbonyl (C=O) groups excluding carboxylic acids is 1. The molecule has 0 saturated carbocycles. The number of aliphatic hydroxyl groups is 1. The highest BCUT2D eigenvalue weighted by Gasteiger charge is 2.29. The van der Waals surface area contributed by atoms with E-state index >= 15 is 0 Å². The monoisotopic (exact) mass is 366 g/mol. The third-order valence-corrected chi connectivity index (χ3v) is 4.67. The lowest BCUT2D eigenvalue weighted by molar-refractivity contribution is -0.111. The van der Waals surface area contributed by atoms with Gasteiger partial charge in [-0.1, -0.05) is 6.07 Å². The summed E-state index contributed by atoms with van der Waals surface area (Å²) in [7, 11) is 3.53. The summed E-state index contributed by atoms with van der Waals surface area (Å²) in [6.45, 7) is 0. The average Bonchev–Trinajstić information content (AvgIpc) is 3.01. The van der Waals surface area contributed by atoms with Gasteiger partial charge in [-0.2, -0.15) is 0 Å². The number of fused-ring (bicyclic) bond motifs is 3. The van der Waals surface area contributed by atoms with Crippen molar-refractivity contribution < 1.29 is 14.3 Å². The minimum atomic E-state index is -0.466. The molecule has 1 aliphatic rings. The number of amides is 1. The zero-order valence-corrected chi connectivity index (χ0v) is 15.0. The van der Waals surface area contributed by atoms with Gasteiger partial charge in [0.1, 0.15) is 28.5 Å². The molecule has 0 fully saturated rings. The Labute approximate surface area is 155 Å². The molecular weight excluding hydrogens is 347 g/mol. The molecule has 0 radical (unpaired) electrons. The van der Waals surface area contributed by atoms with Crippen LogP contribution in [0.2, 0.25) is 0 Å². The zero-order chi connectivity index (χ0) is 19.1. The van der Waals surface area contributed by atoms with Crippen LogP contribution in [0.3, 0.4) is 0 Å². The van der Waals surface area contributed by atoms with Gasteiger partial charge in [0.2, 0.25) is 0 Å². The number of aliphatic hydroxyl groups excluding tert-OH is 1. The normalized spacial score (nSPS) is 13.6. The highest BCUT2D eigenvalue weighted by Crippen LogP contribution is 2.33. The average molecular weight is 366 g/mol. The van der Waals surface area contributed by atoms with E-state index in [9.17, 15) is 14.3 Å². The first-order valence-corrected chi connectivity index (χ1v) is 8.62. The molecule has 4 rings (SSSR count). The van der Waals surface area contributed by atoms with E-state index in [1.165, 1.54) is 18.2 Å². The molecule has 0 aliphatic heterocycles. The largest absolute Gasteiger partial charge is 0.511 e. The maximum absolute atomic E-state index is 13.6. The van der Waals surface area contributed by atoms with Gasteiger partial charge in [-0.05, 0) is 36.8 Å². The quantitative estimate of drug-likeness (QED) is 0.745. The molecule has 0 atom stereocenters. The molecule has 1 aromatic carbocycles. The van der Waals surface area contributed by atoms with Crippen LogP contribution in [0.15, 0.2) is 48.4 Å². The summed E-state index contributed by atoms with van der Waals surface area (Å²) in [6.07, 6.45) is 2.86. The second-order valence-electron chi connectivity index (χ2n) is 6.67. The SMILES string of the molecule is CN(C)c1cc(F)ccc1NC(=O)C1=C(O)CCc2c1nc1ccccn21. The molecule has 3 aromatic rings. The minimum absolute atomic E-state index is 0.0110. The maximum atomic E-state index is 13.6. The van der Waals surface area contributed by atoms with Gasteiger partial charge < -0.3 is 19.7 Å². The van der Waals surface area contributed by atoms with Crippen LogP contribution in [-0.2, 0) is 11.2 Å². The van der Waals surface area contributed by atoms with E-state index in [0.29, 0.717) is 29.9 Å². The highest BCUT2D eigenvalue weighted by molar-refractivity contribution is 6.26. The Bertz CT molecular complexity index is 1080.